The van der Waals surface area contributed by atoms with E-state index in [-0.39, 0.29) is 23.9 Å². The van der Waals surface area contributed by atoms with Crippen LogP contribution in [0, 0.1) is 0 Å². The van der Waals surface area contributed by atoms with Crippen molar-refractivity contribution in [2.24, 2.45) is 0 Å². The minimum Gasteiger partial charge on any atom is -0.489 e. The molecular weight excluding hydrogens is 428 g/mol. The van der Waals surface area contributed by atoms with Crippen LogP contribution in [0.5, 0.6) is 5.75 Å². The van der Waals surface area contributed by atoms with Crippen molar-refractivity contribution in [3.8, 4) is 5.75 Å². The van der Waals surface area contributed by atoms with Crippen LogP contribution < -0.4 is 10.1 Å². The lowest BCUT2D eigenvalue weighted by molar-refractivity contribution is 0.0888. The molecule has 2 unspecified atom stereocenters. The number of nitrogens with zero attached hydrogens (tertiary/aromatic N) is 1. The van der Waals surface area contributed by atoms with Gasteiger partial charge in [0, 0.05) is 18.7 Å². The van der Waals surface area contributed by atoms with E-state index in [1.165, 1.54) is 16.4 Å². The Bertz CT molecular complexity index is 1150. The maximum atomic E-state index is 12.8. The zero-order valence-corrected chi connectivity index (χ0v) is 18.1. The van der Waals surface area contributed by atoms with Gasteiger partial charge in [0.05, 0.1) is 17.0 Å². The molecule has 1 saturated heterocycles. The van der Waals surface area contributed by atoms with Gasteiger partial charge < -0.3 is 15.2 Å². The molecule has 1 aliphatic heterocycles. The van der Waals surface area contributed by atoms with E-state index in [0.29, 0.717) is 17.9 Å². The molecule has 1 aliphatic rings. The molecular formula is C24H24N2O5S. The highest BCUT2D eigenvalue weighted by Crippen LogP contribution is 2.22. The van der Waals surface area contributed by atoms with Crippen LogP contribution in [0.2, 0.25) is 0 Å². The highest BCUT2D eigenvalue weighted by Gasteiger charge is 2.39. The van der Waals surface area contributed by atoms with E-state index in [1.807, 2.05) is 30.3 Å². The predicted octanol–water partition coefficient (Wildman–Crippen LogP) is 2.43. The average molecular weight is 453 g/mol. The molecule has 3 aromatic carbocycles. The van der Waals surface area contributed by atoms with Crippen molar-refractivity contribution < 1.29 is 23.1 Å². The SMILES string of the molecule is O=C(NC1CN(S(=O)(=O)c2ccccc2)CC1O)c1ccc(OCc2ccccc2)cc1. The molecule has 166 valence electrons. The van der Waals surface area contributed by atoms with Crippen molar-refractivity contribution in [1.29, 1.82) is 0 Å². The molecule has 2 atom stereocenters. The average Bonchev–Trinajstić information content (AvgIpc) is 3.20. The van der Waals surface area contributed by atoms with Gasteiger partial charge >= 0.3 is 0 Å². The first-order valence-corrected chi connectivity index (χ1v) is 11.7. The van der Waals surface area contributed by atoms with Gasteiger partial charge in [0.2, 0.25) is 10.0 Å². The maximum absolute atomic E-state index is 12.8. The van der Waals surface area contributed by atoms with Crippen LogP contribution in [0.15, 0.2) is 89.8 Å². The lowest BCUT2D eigenvalue weighted by atomic mass is 10.1. The first kappa shape index (κ1) is 22.0. The van der Waals surface area contributed by atoms with Crippen LogP contribution in [-0.2, 0) is 16.6 Å². The summed E-state index contributed by atoms with van der Waals surface area (Å²) in [5.74, 6) is 0.244. The summed E-state index contributed by atoms with van der Waals surface area (Å²) >= 11 is 0. The maximum Gasteiger partial charge on any atom is 0.251 e. The third-order valence-corrected chi connectivity index (χ3v) is 7.16. The third kappa shape index (κ3) is 4.99. The van der Waals surface area contributed by atoms with E-state index in [2.05, 4.69) is 5.32 Å². The van der Waals surface area contributed by atoms with Crippen molar-refractivity contribution in [2.75, 3.05) is 13.1 Å². The molecule has 1 amide bonds. The standard InChI is InChI=1S/C24H24N2O5S/c27-23-16-26(32(29,30)21-9-5-2-6-10-21)15-22(23)25-24(28)19-11-13-20(14-12-19)31-17-18-7-3-1-4-8-18/h1-14,22-23,27H,15-17H2,(H,25,28). The first-order valence-electron chi connectivity index (χ1n) is 10.2. The van der Waals surface area contributed by atoms with Crippen molar-refractivity contribution in [3.05, 3.63) is 96.1 Å². The van der Waals surface area contributed by atoms with Crippen LogP contribution in [0.25, 0.3) is 0 Å². The molecule has 3 aromatic rings. The number of amides is 1. The van der Waals surface area contributed by atoms with Gasteiger partial charge in [0.15, 0.2) is 0 Å². The number of hydrogen-bond donors (Lipinski definition) is 2. The normalized spacial score (nSPS) is 18.9. The van der Waals surface area contributed by atoms with E-state index in [9.17, 15) is 18.3 Å². The molecule has 0 aliphatic carbocycles. The fourth-order valence-corrected chi connectivity index (χ4v) is 5.03. The second-order valence-corrected chi connectivity index (χ2v) is 9.52. The molecule has 0 bridgehead atoms. The number of rotatable bonds is 7. The number of carbonyl (C=O) groups excluding carboxylic acids is 1. The van der Waals surface area contributed by atoms with Crippen LogP contribution in [0.1, 0.15) is 15.9 Å². The Morgan fingerprint density at radius 3 is 2.22 bits per heavy atom. The molecule has 1 heterocycles. The number of aliphatic hydroxyl groups excluding tert-OH is 1. The number of β-amino-alcohol motifs (C(OH)–C–C–N with tert-alkyl or cyclic N) is 1. The summed E-state index contributed by atoms with van der Waals surface area (Å²) < 4.78 is 32.5. The van der Waals surface area contributed by atoms with Crippen LogP contribution in [-0.4, -0.2) is 49.0 Å². The largest absolute Gasteiger partial charge is 0.489 e. The first-order chi connectivity index (χ1) is 15.4. The number of aliphatic hydroxyl groups is 1. The molecule has 0 spiro atoms. The lowest BCUT2D eigenvalue weighted by Crippen LogP contribution is -2.43. The third-order valence-electron chi connectivity index (χ3n) is 5.32. The molecule has 7 nitrogen and oxygen atoms in total. The minimum atomic E-state index is -3.73. The second kappa shape index (κ2) is 9.52. The fraction of sp³-hybridized carbons (Fsp3) is 0.208. The van der Waals surface area contributed by atoms with E-state index in [4.69, 9.17) is 4.74 Å². The summed E-state index contributed by atoms with van der Waals surface area (Å²) in [7, 11) is -3.73. The molecule has 32 heavy (non-hydrogen) atoms. The van der Waals surface area contributed by atoms with Gasteiger partial charge in [-0.2, -0.15) is 4.31 Å². The van der Waals surface area contributed by atoms with Gasteiger partial charge in [-0.15, -0.1) is 0 Å². The van der Waals surface area contributed by atoms with Crippen LogP contribution in [0.3, 0.4) is 0 Å². The quantitative estimate of drug-likeness (QED) is 0.574. The minimum absolute atomic E-state index is 0.00239. The lowest BCUT2D eigenvalue weighted by Gasteiger charge is -2.17. The molecule has 8 heteroatoms. The Morgan fingerprint density at radius 2 is 1.56 bits per heavy atom. The Labute approximate surface area is 187 Å². The zero-order valence-electron chi connectivity index (χ0n) is 17.3. The van der Waals surface area contributed by atoms with Crippen LogP contribution in [0.4, 0.5) is 0 Å². The molecule has 0 saturated carbocycles. The fourth-order valence-electron chi connectivity index (χ4n) is 3.53. The number of nitrogens with one attached hydrogen (secondary N) is 1. The second-order valence-electron chi connectivity index (χ2n) is 7.58. The highest BCUT2D eigenvalue weighted by atomic mass is 32.2. The molecule has 0 radical (unpaired) electrons. The highest BCUT2D eigenvalue weighted by molar-refractivity contribution is 7.89. The molecule has 4 rings (SSSR count). The van der Waals surface area contributed by atoms with Crippen LogP contribution >= 0.6 is 0 Å². The van der Waals surface area contributed by atoms with E-state index in [1.54, 1.807) is 42.5 Å². The van der Waals surface area contributed by atoms with Crippen molar-refractivity contribution in [3.63, 3.8) is 0 Å². The molecule has 2 N–H and O–H groups in total. The predicted molar refractivity (Wildman–Crippen MR) is 120 cm³/mol. The van der Waals surface area contributed by atoms with Gasteiger partial charge in [-0.25, -0.2) is 8.42 Å². The summed E-state index contributed by atoms with van der Waals surface area (Å²) in [6.45, 7) is 0.350. The Balaban J connectivity index is 1.35. The van der Waals surface area contributed by atoms with Crippen molar-refractivity contribution >= 4 is 15.9 Å². The summed E-state index contributed by atoms with van der Waals surface area (Å²) in [6, 6.07) is 23.8. The van der Waals surface area contributed by atoms with Crippen molar-refractivity contribution in [2.45, 2.75) is 23.6 Å². The number of carbonyl (C=O) groups is 1. The van der Waals surface area contributed by atoms with Gasteiger partial charge in [-0.3, -0.25) is 4.79 Å². The number of benzene rings is 3. The zero-order chi connectivity index (χ0) is 22.6. The number of sulfonamides is 1. The summed E-state index contributed by atoms with van der Waals surface area (Å²) in [5, 5.41) is 13.1. The van der Waals surface area contributed by atoms with Crippen molar-refractivity contribution in [1.82, 2.24) is 9.62 Å². The van der Waals surface area contributed by atoms with Gasteiger partial charge in [-0.1, -0.05) is 48.5 Å². The van der Waals surface area contributed by atoms with E-state index < -0.39 is 22.2 Å². The van der Waals surface area contributed by atoms with E-state index >= 15 is 0 Å². The number of ether oxygens (including phenoxy) is 1. The smallest absolute Gasteiger partial charge is 0.251 e. The molecule has 1 fully saturated rings. The summed E-state index contributed by atoms with van der Waals surface area (Å²) in [4.78, 5) is 12.8. The summed E-state index contributed by atoms with van der Waals surface area (Å²) in [5.41, 5.74) is 1.44. The summed E-state index contributed by atoms with van der Waals surface area (Å²) in [6.07, 6.45) is -0.995. The monoisotopic (exact) mass is 452 g/mol. The van der Waals surface area contributed by atoms with Gasteiger partial charge in [0.25, 0.3) is 5.91 Å². The van der Waals surface area contributed by atoms with Gasteiger partial charge in [-0.05, 0) is 42.0 Å². The Kier molecular flexibility index (Phi) is 6.55. The van der Waals surface area contributed by atoms with E-state index in [0.717, 1.165) is 5.56 Å². The topological polar surface area (TPSA) is 95.9 Å². The molecule has 0 aromatic heterocycles. The van der Waals surface area contributed by atoms with Gasteiger partial charge in [0.1, 0.15) is 12.4 Å². The Morgan fingerprint density at radius 1 is 0.938 bits per heavy atom. The number of hydrogen-bond acceptors (Lipinski definition) is 5. The Hall–Kier alpha value is -3.20.